The molecular formula is C17H27NOS. The van der Waals surface area contributed by atoms with E-state index in [0.717, 1.165) is 25.2 Å². The van der Waals surface area contributed by atoms with Crippen LogP contribution < -0.4 is 10.5 Å². The largest absolute Gasteiger partial charge is 0.493 e. The van der Waals surface area contributed by atoms with Crippen molar-refractivity contribution in [3.63, 3.8) is 0 Å². The zero-order valence-corrected chi connectivity index (χ0v) is 14.1. The minimum absolute atomic E-state index is 0.0611. The summed E-state index contributed by atoms with van der Waals surface area (Å²) < 4.78 is 5.87. The Morgan fingerprint density at radius 2 is 2.00 bits per heavy atom. The van der Waals surface area contributed by atoms with E-state index in [-0.39, 0.29) is 11.3 Å². The molecule has 0 heterocycles. The van der Waals surface area contributed by atoms with Crippen molar-refractivity contribution in [3.05, 3.63) is 29.3 Å². The van der Waals surface area contributed by atoms with Gasteiger partial charge in [-0.3, -0.25) is 0 Å². The van der Waals surface area contributed by atoms with Crippen LogP contribution in [0, 0.1) is 5.92 Å². The molecule has 1 aromatic carbocycles. The molecule has 0 saturated heterocycles. The lowest BCUT2D eigenvalue weighted by Crippen LogP contribution is -2.20. The molecule has 2 nitrogen and oxygen atoms in total. The highest BCUT2D eigenvalue weighted by atomic mass is 32.1. The molecule has 1 aromatic rings. The minimum Gasteiger partial charge on any atom is -0.493 e. The highest BCUT2D eigenvalue weighted by molar-refractivity contribution is 7.80. The van der Waals surface area contributed by atoms with Gasteiger partial charge in [0.05, 0.1) is 11.6 Å². The summed E-state index contributed by atoms with van der Waals surface area (Å²) in [4.78, 5) is 0.577. The first kappa shape index (κ1) is 17.0. The SMILES string of the molecule is CCCOc1ccc(CC(C)C(N)=S)cc1C(C)(C)C. The highest BCUT2D eigenvalue weighted by Gasteiger charge is 2.20. The first-order valence-corrected chi connectivity index (χ1v) is 7.72. The molecule has 1 rings (SSSR count). The molecule has 0 aromatic heterocycles. The van der Waals surface area contributed by atoms with Gasteiger partial charge in [0.2, 0.25) is 0 Å². The van der Waals surface area contributed by atoms with Gasteiger partial charge in [-0.2, -0.15) is 0 Å². The van der Waals surface area contributed by atoms with Crippen molar-refractivity contribution in [1.82, 2.24) is 0 Å². The maximum Gasteiger partial charge on any atom is 0.123 e. The smallest absolute Gasteiger partial charge is 0.123 e. The maximum absolute atomic E-state index is 5.87. The molecule has 0 aliphatic carbocycles. The molecular weight excluding hydrogens is 266 g/mol. The number of hydrogen-bond acceptors (Lipinski definition) is 2. The molecule has 0 aliphatic heterocycles. The Bertz CT molecular complexity index is 463. The van der Waals surface area contributed by atoms with Crippen molar-refractivity contribution >= 4 is 17.2 Å². The second-order valence-electron chi connectivity index (χ2n) is 6.44. The quantitative estimate of drug-likeness (QED) is 0.797. The average molecular weight is 293 g/mol. The second kappa shape index (κ2) is 7.07. The summed E-state index contributed by atoms with van der Waals surface area (Å²) in [6, 6.07) is 6.44. The van der Waals surface area contributed by atoms with Gasteiger partial charge in [-0.25, -0.2) is 0 Å². The van der Waals surface area contributed by atoms with Gasteiger partial charge in [0.1, 0.15) is 5.75 Å². The summed E-state index contributed by atoms with van der Waals surface area (Å²) in [6.07, 6.45) is 1.90. The van der Waals surface area contributed by atoms with Crippen LogP contribution in [0.3, 0.4) is 0 Å². The monoisotopic (exact) mass is 293 g/mol. The molecule has 1 atom stereocenters. The van der Waals surface area contributed by atoms with E-state index in [9.17, 15) is 0 Å². The van der Waals surface area contributed by atoms with Crippen LogP contribution in [0.25, 0.3) is 0 Å². The van der Waals surface area contributed by atoms with Crippen molar-refractivity contribution in [3.8, 4) is 5.75 Å². The number of benzene rings is 1. The molecule has 0 aliphatic rings. The van der Waals surface area contributed by atoms with Crippen LogP contribution in [0.5, 0.6) is 5.75 Å². The summed E-state index contributed by atoms with van der Waals surface area (Å²) in [5.41, 5.74) is 8.28. The van der Waals surface area contributed by atoms with Crippen LogP contribution in [-0.2, 0) is 11.8 Å². The molecule has 2 N–H and O–H groups in total. The zero-order chi connectivity index (χ0) is 15.3. The van der Waals surface area contributed by atoms with Crippen LogP contribution in [0.2, 0.25) is 0 Å². The summed E-state index contributed by atoms with van der Waals surface area (Å²) in [7, 11) is 0. The molecule has 0 bridgehead atoms. The fourth-order valence-corrected chi connectivity index (χ4v) is 2.17. The predicted octanol–water partition coefficient (Wildman–Crippen LogP) is 4.24. The Morgan fingerprint density at radius 1 is 1.35 bits per heavy atom. The molecule has 0 saturated carbocycles. The third-order valence-corrected chi connectivity index (χ3v) is 3.74. The lowest BCUT2D eigenvalue weighted by atomic mass is 9.84. The number of ether oxygens (including phenoxy) is 1. The van der Waals surface area contributed by atoms with Crippen molar-refractivity contribution in [2.24, 2.45) is 11.7 Å². The van der Waals surface area contributed by atoms with Gasteiger partial charge in [-0.1, -0.05) is 59.0 Å². The molecule has 1 unspecified atom stereocenters. The second-order valence-corrected chi connectivity index (χ2v) is 6.91. The number of rotatable bonds is 6. The lowest BCUT2D eigenvalue weighted by Gasteiger charge is -2.24. The van der Waals surface area contributed by atoms with Crippen LogP contribution in [0.15, 0.2) is 18.2 Å². The van der Waals surface area contributed by atoms with Crippen molar-refractivity contribution in [1.29, 1.82) is 0 Å². The van der Waals surface area contributed by atoms with E-state index in [1.807, 2.05) is 0 Å². The summed E-state index contributed by atoms with van der Waals surface area (Å²) in [5, 5.41) is 0. The Balaban J connectivity index is 3.04. The van der Waals surface area contributed by atoms with E-state index < -0.39 is 0 Å². The molecule has 20 heavy (non-hydrogen) atoms. The van der Waals surface area contributed by atoms with Crippen molar-refractivity contribution in [2.75, 3.05) is 6.61 Å². The molecule has 112 valence electrons. The normalized spacial score (nSPS) is 13.1. The molecule has 0 spiro atoms. The van der Waals surface area contributed by atoms with Gasteiger partial charge in [0.25, 0.3) is 0 Å². The van der Waals surface area contributed by atoms with E-state index >= 15 is 0 Å². The summed E-state index contributed by atoms with van der Waals surface area (Å²) >= 11 is 5.06. The van der Waals surface area contributed by atoms with Gasteiger partial charge in [0, 0.05) is 5.92 Å². The zero-order valence-electron chi connectivity index (χ0n) is 13.3. The van der Waals surface area contributed by atoms with E-state index in [2.05, 4.69) is 52.8 Å². The fourth-order valence-electron chi connectivity index (χ4n) is 2.08. The van der Waals surface area contributed by atoms with Gasteiger partial charge in [0.15, 0.2) is 0 Å². The Kier molecular flexibility index (Phi) is 6.00. The highest BCUT2D eigenvalue weighted by Crippen LogP contribution is 2.33. The van der Waals surface area contributed by atoms with E-state index in [1.165, 1.54) is 11.1 Å². The minimum atomic E-state index is 0.0611. The topological polar surface area (TPSA) is 35.2 Å². The first-order chi connectivity index (χ1) is 9.25. The standard InChI is InChI=1S/C17H27NOS/c1-6-9-19-15-8-7-13(10-12(2)16(18)20)11-14(15)17(3,4)5/h7-8,11-12H,6,9-10H2,1-5H3,(H2,18,20). The number of nitrogens with two attached hydrogens (primary N) is 1. The van der Waals surface area contributed by atoms with Crippen LogP contribution in [0.4, 0.5) is 0 Å². The fraction of sp³-hybridized carbons (Fsp3) is 0.588. The Morgan fingerprint density at radius 3 is 2.50 bits per heavy atom. The van der Waals surface area contributed by atoms with Crippen LogP contribution in [0.1, 0.15) is 52.2 Å². The van der Waals surface area contributed by atoms with E-state index in [1.54, 1.807) is 0 Å². The molecule has 0 radical (unpaired) electrons. The Labute approximate surface area is 128 Å². The molecule has 0 fully saturated rings. The van der Waals surface area contributed by atoms with Gasteiger partial charge >= 0.3 is 0 Å². The summed E-state index contributed by atoms with van der Waals surface area (Å²) in [5.74, 6) is 1.21. The number of hydrogen-bond donors (Lipinski definition) is 1. The third-order valence-electron chi connectivity index (χ3n) is 3.34. The van der Waals surface area contributed by atoms with Crippen LogP contribution in [-0.4, -0.2) is 11.6 Å². The van der Waals surface area contributed by atoms with E-state index in [4.69, 9.17) is 22.7 Å². The number of thiocarbonyl (C=S) groups is 1. The maximum atomic E-state index is 5.87. The molecule has 3 heteroatoms. The predicted molar refractivity (Wildman–Crippen MR) is 90.6 cm³/mol. The van der Waals surface area contributed by atoms with Crippen LogP contribution >= 0.6 is 12.2 Å². The first-order valence-electron chi connectivity index (χ1n) is 7.31. The van der Waals surface area contributed by atoms with Gasteiger partial charge in [-0.15, -0.1) is 0 Å². The van der Waals surface area contributed by atoms with Crippen molar-refractivity contribution in [2.45, 2.75) is 52.9 Å². The average Bonchev–Trinajstić information content (AvgIpc) is 2.35. The third kappa shape index (κ3) is 4.78. The van der Waals surface area contributed by atoms with Crippen molar-refractivity contribution < 1.29 is 4.74 Å². The van der Waals surface area contributed by atoms with E-state index in [0.29, 0.717) is 4.99 Å². The Hall–Kier alpha value is -1.09. The lowest BCUT2D eigenvalue weighted by molar-refractivity contribution is 0.308. The van der Waals surface area contributed by atoms with Gasteiger partial charge < -0.3 is 10.5 Å². The molecule has 0 amide bonds. The van der Waals surface area contributed by atoms with Gasteiger partial charge in [-0.05, 0) is 35.4 Å². The summed E-state index contributed by atoms with van der Waals surface area (Å²) in [6.45, 7) is 11.6.